The van der Waals surface area contributed by atoms with Gasteiger partial charge in [-0.1, -0.05) is 0 Å². The van der Waals surface area contributed by atoms with Crippen molar-refractivity contribution in [2.24, 2.45) is 11.8 Å². The van der Waals surface area contributed by atoms with Gasteiger partial charge in [0.1, 0.15) is 60.0 Å². The van der Waals surface area contributed by atoms with Crippen LogP contribution in [0.2, 0.25) is 0 Å². The topological polar surface area (TPSA) is 287 Å². The van der Waals surface area contributed by atoms with Gasteiger partial charge in [-0.05, 0) is 61.3 Å². The number of aliphatic carboxylic acids is 1. The third-order valence-corrected chi connectivity index (χ3v) is 8.69. The Bertz CT molecular complexity index is 1230. The molecule has 1 saturated carbocycles. The third kappa shape index (κ3) is 11.2. The minimum atomic E-state index is -1.91. The van der Waals surface area contributed by atoms with E-state index < -0.39 is 140 Å². The van der Waals surface area contributed by atoms with Crippen molar-refractivity contribution in [2.45, 2.75) is 159 Å². The van der Waals surface area contributed by atoms with Crippen LogP contribution in [0.15, 0.2) is 0 Å². The minimum Gasteiger partial charge on any atom is -0.479 e. The summed E-state index contributed by atoms with van der Waals surface area (Å²) in [5.41, 5.74) is -1.93. The normalized spacial score (nSPS) is 37.8. The lowest BCUT2D eigenvalue weighted by molar-refractivity contribution is -0.350. The van der Waals surface area contributed by atoms with Crippen LogP contribution in [0.25, 0.3) is 0 Å². The van der Waals surface area contributed by atoms with Crippen molar-refractivity contribution < 1.29 is 88.1 Å². The number of ether oxygens (including phenoxy) is 7. The first-order valence-electron chi connectivity index (χ1n) is 17.1. The monoisotopic (exact) mass is 753 g/mol. The van der Waals surface area contributed by atoms with Gasteiger partial charge in [-0.2, -0.15) is 0 Å². The van der Waals surface area contributed by atoms with Gasteiger partial charge >= 0.3 is 17.9 Å². The number of amides is 1. The van der Waals surface area contributed by atoms with E-state index in [1.54, 1.807) is 41.5 Å². The van der Waals surface area contributed by atoms with Gasteiger partial charge < -0.3 is 74.2 Å². The molecule has 0 aromatic rings. The quantitative estimate of drug-likeness (QED) is 0.0973. The average Bonchev–Trinajstić information content (AvgIpc) is 3.02. The fraction of sp³-hybridized carbons (Fsp3) is 0.879. The SMILES string of the molecule is CC(=O)N[C@H]1[C@H](O[C@H]2C[C@H](C(=O)OC(C)(C)C)[C@@H](C(=O)OC(C)(C)C)C[C@H]2O[C@@H](C)C(=O)O)O[C@H](CO)[C@H](O)[C@@H]1O[C@@H]1O[C@H](CO)[C@H](O)[C@H](O)[C@H]1O. The standard InChI is InChI=1S/C33H55NO18/c1-13(27(42)43)46-17-9-15(28(44)51-32(3,4)5)16(29(45)52-33(6,7)8)10-18(17)47-30-21(34-14(2)37)26(23(39)20(12-36)48-30)50-31-25(41)24(40)22(38)19(11-35)49-31/h13,15-26,30-31,35-36,38-41H,9-12H2,1-8H3,(H,34,37)(H,42,43)/t13-,15-,16-,17+,18-,19+,20+,21+,22-,23-,24-,25+,26+,30+,31-/m0/s1. The van der Waals surface area contributed by atoms with Crippen LogP contribution < -0.4 is 5.32 Å². The lowest BCUT2D eigenvalue weighted by Crippen LogP contribution is -2.68. The molecule has 0 aromatic heterocycles. The molecule has 0 aromatic carbocycles. The van der Waals surface area contributed by atoms with Crippen LogP contribution in [0.1, 0.15) is 68.2 Å². The highest BCUT2D eigenvalue weighted by atomic mass is 16.7. The summed E-state index contributed by atoms with van der Waals surface area (Å²) in [7, 11) is 0. The van der Waals surface area contributed by atoms with E-state index in [1.165, 1.54) is 6.92 Å². The third-order valence-electron chi connectivity index (χ3n) is 8.69. The number of esters is 2. The van der Waals surface area contributed by atoms with Crippen LogP contribution >= 0.6 is 0 Å². The lowest BCUT2D eigenvalue weighted by Gasteiger charge is -2.49. The van der Waals surface area contributed by atoms with E-state index in [-0.39, 0.29) is 12.8 Å². The van der Waals surface area contributed by atoms with E-state index in [0.29, 0.717) is 0 Å². The number of carboxylic acid groups (broad SMARTS) is 1. The Labute approximate surface area is 301 Å². The van der Waals surface area contributed by atoms with E-state index in [0.717, 1.165) is 6.92 Å². The number of carboxylic acids is 1. The highest BCUT2D eigenvalue weighted by Gasteiger charge is 2.54. The van der Waals surface area contributed by atoms with Crippen molar-refractivity contribution in [1.82, 2.24) is 5.32 Å². The van der Waals surface area contributed by atoms with Crippen molar-refractivity contribution in [3.05, 3.63) is 0 Å². The molecular formula is C33H55NO18. The fourth-order valence-electron chi connectivity index (χ4n) is 6.26. The molecule has 3 aliphatic rings. The van der Waals surface area contributed by atoms with Crippen LogP contribution in [0.5, 0.6) is 0 Å². The van der Waals surface area contributed by atoms with Crippen LogP contribution in [0, 0.1) is 11.8 Å². The predicted octanol–water partition coefficient (Wildman–Crippen LogP) is -2.29. The number of carbonyl (C=O) groups excluding carboxylic acids is 3. The fourth-order valence-corrected chi connectivity index (χ4v) is 6.26. The zero-order valence-corrected chi connectivity index (χ0v) is 30.6. The number of carbonyl (C=O) groups is 4. The molecule has 15 atom stereocenters. The highest BCUT2D eigenvalue weighted by Crippen LogP contribution is 2.40. The maximum absolute atomic E-state index is 13.6. The Hall–Kier alpha value is -2.56. The summed E-state index contributed by atoms with van der Waals surface area (Å²) in [6.45, 7) is 10.6. The maximum Gasteiger partial charge on any atom is 0.332 e. The van der Waals surface area contributed by atoms with E-state index in [9.17, 15) is 54.9 Å². The molecule has 52 heavy (non-hydrogen) atoms. The molecule has 0 unspecified atom stereocenters. The summed E-state index contributed by atoms with van der Waals surface area (Å²) in [5.74, 6) is -5.96. The smallest absolute Gasteiger partial charge is 0.332 e. The van der Waals surface area contributed by atoms with Gasteiger partial charge in [-0.3, -0.25) is 14.4 Å². The second-order valence-corrected chi connectivity index (χ2v) is 15.3. The van der Waals surface area contributed by atoms with Crippen LogP contribution in [0.4, 0.5) is 0 Å². The number of aliphatic hydroxyl groups excluding tert-OH is 6. The molecule has 19 heteroatoms. The summed E-state index contributed by atoms with van der Waals surface area (Å²) in [6.07, 6.45) is -19.7. The first kappa shape index (κ1) is 43.8. The Kier molecular flexibility index (Phi) is 14.9. The Morgan fingerprint density at radius 1 is 0.731 bits per heavy atom. The molecule has 1 aliphatic carbocycles. The van der Waals surface area contributed by atoms with E-state index >= 15 is 0 Å². The Balaban J connectivity index is 2.05. The molecule has 0 radical (unpaired) electrons. The summed E-state index contributed by atoms with van der Waals surface area (Å²) >= 11 is 0. The van der Waals surface area contributed by atoms with Crippen molar-refractivity contribution in [3.63, 3.8) is 0 Å². The average molecular weight is 754 g/mol. The first-order chi connectivity index (χ1) is 24.0. The van der Waals surface area contributed by atoms with Gasteiger partial charge in [-0.15, -0.1) is 0 Å². The van der Waals surface area contributed by atoms with Crippen molar-refractivity contribution in [1.29, 1.82) is 0 Å². The molecule has 8 N–H and O–H groups in total. The second-order valence-electron chi connectivity index (χ2n) is 15.3. The summed E-state index contributed by atoms with van der Waals surface area (Å²) in [6, 6.07) is -1.48. The van der Waals surface area contributed by atoms with E-state index in [1.807, 2.05) is 0 Å². The zero-order valence-electron chi connectivity index (χ0n) is 30.6. The Morgan fingerprint density at radius 2 is 1.21 bits per heavy atom. The lowest BCUT2D eigenvalue weighted by atomic mass is 9.75. The summed E-state index contributed by atoms with van der Waals surface area (Å²) in [5, 5.41) is 74.4. The first-order valence-corrected chi connectivity index (χ1v) is 17.1. The van der Waals surface area contributed by atoms with Crippen molar-refractivity contribution in [3.8, 4) is 0 Å². The molecule has 300 valence electrons. The molecule has 2 saturated heterocycles. The molecule has 3 fully saturated rings. The molecule has 3 rings (SSSR count). The summed E-state index contributed by atoms with van der Waals surface area (Å²) < 4.78 is 40.7. The number of nitrogens with one attached hydrogen (secondary N) is 1. The van der Waals surface area contributed by atoms with Crippen molar-refractivity contribution >= 4 is 23.8 Å². The molecule has 1 amide bonds. The number of rotatable bonds is 12. The largest absolute Gasteiger partial charge is 0.479 e. The van der Waals surface area contributed by atoms with Gasteiger partial charge in [0.05, 0.1) is 37.3 Å². The molecule has 19 nitrogen and oxygen atoms in total. The maximum atomic E-state index is 13.6. The second kappa shape index (κ2) is 17.7. The molecule has 2 aliphatic heterocycles. The minimum absolute atomic E-state index is 0.282. The van der Waals surface area contributed by atoms with Gasteiger partial charge in [0, 0.05) is 6.92 Å². The van der Waals surface area contributed by atoms with Gasteiger partial charge in [0.25, 0.3) is 0 Å². The van der Waals surface area contributed by atoms with Crippen molar-refractivity contribution in [2.75, 3.05) is 13.2 Å². The predicted molar refractivity (Wildman–Crippen MR) is 173 cm³/mol. The molecule has 0 bridgehead atoms. The summed E-state index contributed by atoms with van der Waals surface area (Å²) in [4.78, 5) is 51.5. The zero-order chi connectivity index (χ0) is 39.5. The van der Waals surface area contributed by atoms with E-state index in [4.69, 9.17) is 33.2 Å². The molecule has 2 heterocycles. The molecule has 0 spiro atoms. The van der Waals surface area contributed by atoms with Gasteiger partial charge in [0.2, 0.25) is 5.91 Å². The van der Waals surface area contributed by atoms with Crippen LogP contribution in [0.3, 0.4) is 0 Å². The highest BCUT2D eigenvalue weighted by molar-refractivity contribution is 5.83. The van der Waals surface area contributed by atoms with Gasteiger partial charge in [-0.25, -0.2) is 4.79 Å². The number of hydrogen-bond acceptors (Lipinski definition) is 17. The van der Waals surface area contributed by atoms with E-state index in [2.05, 4.69) is 5.32 Å². The number of aliphatic hydroxyl groups is 6. The van der Waals surface area contributed by atoms with Crippen LogP contribution in [-0.2, 0) is 52.3 Å². The molecular weight excluding hydrogens is 698 g/mol. The van der Waals surface area contributed by atoms with Gasteiger partial charge in [0.15, 0.2) is 18.7 Å². The number of hydrogen-bond donors (Lipinski definition) is 8. The van der Waals surface area contributed by atoms with Crippen LogP contribution in [-0.4, -0.2) is 164 Å². The Morgan fingerprint density at radius 3 is 1.67 bits per heavy atom.